The highest BCUT2D eigenvalue weighted by Gasteiger charge is 2.22. The van der Waals surface area contributed by atoms with E-state index in [4.69, 9.17) is 33.7 Å². The van der Waals surface area contributed by atoms with Gasteiger partial charge in [-0.05, 0) is 24.3 Å². The molecule has 0 saturated carbocycles. The topological polar surface area (TPSA) is 99.2 Å². The molecule has 0 atom stereocenters. The Hall–Kier alpha value is -2.88. The van der Waals surface area contributed by atoms with E-state index in [0.717, 1.165) is 0 Å². The number of ether oxygens (including phenoxy) is 1. The summed E-state index contributed by atoms with van der Waals surface area (Å²) in [7, 11) is 3.38. The predicted octanol–water partition coefficient (Wildman–Crippen LogP) is 4.22. The van der Waals surface area contributed by atoms with E-state index in [1.54, 1.807) is 43.2 Å². The molecule has 3 heterocycles. The molecular weight excluding hydrogens is 459 g/mol. The molecule has 1 amide bonds. The zero-order chi connectivity index (χ0) is 22.1. The van der Waals surface area contributed by atoms with E-state index in [2.05, 4.69) is 15.1 Å². The average Bonchev–Trinajstić information content (AvgIpc) is 3.36. The lowest BCUT2D eigenvalue weighted by Crippen LogP contribution is -2.20. The van der Waals surface area contributed by atoms with Gasteiger partial charge in [-0.1, -0.05) is 23.2 Å². The fourth-order valence-corrected chi connectivity index (χ4v) is 4.65. The lowest BCUT2D eigenvalue weighted by atomic mass is 10.1. The number of thiophene rings is 1. The molecule has 0 aliphatic heterocycles. The van der Waals surface area contributed by atoms with Crippen LogP contribution in [0.1, 0.15) is 9.67 Å². The van der Waals surface area contributed by atoms with Gasteiger partial charge >= 0.3 is 0 Å². The lowest BCUT2D eigenvalue weighted by molar-refractivity contribution is 0.0832. The van der Waals surface area contributed by atoms with Gasteiger partial charge in [-0.3, -0.25) is 9.48 Å². The summed E-state index contributed by atoms with van der Waals surface area (Å²) in [6.45, 7) is 0.876. The van der Waals surface area contributed by atoms with Gasteiger partial charge in [-0.2, -0.15) is 5.10 Å². The van der Waals surface area contributed by atoms with E-state index in [9.17, 15) is 4.79 Å². The van der Waals surface area contributed by atoms with Crippen molar-refractivity contribution in [1.29, 1.82) is 0 Å². The Morgan fingerprint density at radius 3 is 2.77 bits per heavy atom. The number of carbonyl (C=O) groups is 1. The minimum Gasteiger partial charge on any atom is -0.491 e. The number of fused-ring (bicyclic) bond motifs is 1. The number of rotatable bonds is 6. The van der Waals surface area contributed by atoms with Crippen molar-refractivity contribution >= 4 is 56.6 Å². The molecule has 31 heavy (non-hydrogen) atoms. The minimum atomic E-state index is -0.134. The summed E-state index contributed by atoms with van der Waals surface area (Å²) < 4.78 is 7.76. The lowest BCUT2D eigenvalue weighted by Gasteiger charge is -2.14. The summed E-state index contributed by atoms with van der Waals surface area (Å²) in [5, 5.41) is 5.60. The average molecular weight is 477 g/mol. The van der Waals surface area contributed by atoms with Gasteiger partial charge in [0.25, 0.3) is 5.91 Å². The third-order valence-corrected chi connectivity index (χ3v) is 5.95. The molecule has 0 spiro atoms. The second kappa shape index (κ2) is 8.70. The highest BCUT2D eigenvalue weighted by Crippen LogP contribution is 2.42. The predicted molar refractivity (Wildman–Crippen MR) is 123 cm³/mol. The van der Waals surface area contributed by atoms with Gasteiger partial charge in [0.1, 0.15) is 17.2 Å². The van der Waals surface area contributed by atoms with Gasteiger partial charge in [-0.25, -0.2) is 9.97 Å². The molecule has 0 aliphatic rings. The quantitative estimate of drug-likeness (QED) is 0.447. The summed E-state index contributed by atoms with van der Waals surface area (Å²) in [5.74, 6) is 0.392. The molecule has 4 aromatic rings. The Bertz CT molecular complexity index is 1260. The van der Waals surface area contributed by atoms with Crippen molar-refractivity contribution in [3.8, 4) is 17.0 Å². The molecule has 0 saturated heterocycles. The first kappa shape index (κ1) is 21.4. The summed E-state index contributed by atoms with van der Waals surface area (Å²) in [5.41, 5.74) is 6.98. The summed E-state index contributed by atoms with van der Waals surface area (Å²) in [6.07, 6.45) is 3.55. The summed E-state index contributed by atoms with van der Waals surface area (Å²) in [4.78, 5) is 23.8. The Morgan fingerprint density at radius 2 is 2.06 bits per heavy atom. The molecule has 0 radical (unpaired) electrons. The second-order valence-electron chi connectivity index (χ2n) is 6.84. The maximum atomic E-state index is 12.5. The zero-order valence-corrected chi connectivity index (χ0v) is 19.0. The number of nitrogens with two attached hydrogens (primary N) is 1. The highest BCUT2D eigenvalue weighted by molar-refractivity contribution is 7.20. The van der Waals surface area contributed by atoms with Gasteiger partial charge in [0.15, 0.2) is 0 Å². The van der Waals surface area contributed by atoms with Crippen LogP contribution in [0.5, 0.6) is 5.75 Å². The summed E-state index contributed by atoms with van der Waals surface area (Å²) >= 11 is 14.0. The maximum Gasteiger partial charge on any atom is 0.263 e. The molecule has 0 aliphatic carbocycles. The summed E-state index contributed by atoms with van der Waals surface area (Å²) in [6, 6.07) is 6.87. The fourth-order valence-electron chi connectivity index (χ4n) is 3.03. The molecule has 3 aromatic heterocycles. The third-order valence-electron chi connectivity index (χ3n) is 4.42. The second-order valence-corrected chi connectivity index (χ2v) is 8.71. The van der Waals surface area contributed by atoms with E-state index in [0.29, 0.717) is 55.3 Å². The highest BCUT2D eigenvalue weighted by atomic mass is 35.5. The van der Waals surface area contributed by atoms with Gasteiger partial charge in [0.05, 0.1) is 27.7 Å². The van der Waals surface area contributed by atoms with Crippen molar-refractivity contribution in [2.75, 3.05) is 26.4 Å². The molecule has 1 aromatic carbocycles. The molecule has 2 N–H and O–H groups in total. The first-order valence-corrected chi connectivity index (χ1v) is 10.8. The smallest absolute Gasteiger partial charge is 0.263 e. The van der Waals surface area contributed by atoms with Crippen molar-refractivity contribution < 1.29 is 9.53 Å². The van der Waals surface area contributed by atoms with Crippen LogP contribution in [-0.2, 0) is 6.54 Å². The van der Waals surface area contributed by atoms with E-state index in [1.165, 1.54) is 16.2 Å². The van der Waals surface area contributed by atoms with Crippen molar-refractivity contribution in [3.63, 3.8) is 0 Å². The van der Waals surface area contributed by atoms with Crippen molar-refractivity contribution in [1.82, 2.24) is 24.6 Å². The van der Waals surface area contributed by atoms with Crippen LogP contribution in [0.3, 0.4) is 0 Å². The number of hydrogen-bond acceptors (Lipinski definition) is 7. The number of carbonyl (C=O) groups excluding carboxylic acids is 1. The molecule has 4 rings (SSSR count). The number of amides is 1. The first-order chi connectivity index (χ1) is 14.8. The number of aromatic nitrogens is 4. The molecule has 0 bridgehead atoms. The van der Waals surface area contributed by atoms with E-state index in [-0.39, 0.29) is 11.9 Å². The third kappa shape index (κ3) is 4.43. The fraction of sp³-hybridized carbons (Fsp3) is 0.200. The van der Waals surface area contributed by atoms with Crippen LogP contribution in [0, 0.1) is 0 Å². The maximum absolute atomic E-state index is 12.5. The van der Waals surface area contributed by atoms with Crippen LogP contribution < -0.4 is 10.5 Å². The molecular formula is C20H18Cl2N6O2S. The number of benzene rings is 1. The molecule has 11 heteroatoms. The van der Waals surface area contributed by atoms with Crippen LogP contribution in [0.15, 0.2) is 36.7 Å². The minimum absolute atomic E-state index is 0.0710. The number of hydrogen-bond donors (Lipinski definition) is 1. The first-order valence-electron chi connectivity index (χ1n) is 9.22. The Labute approximate surface area is 192 Å². The molecule has 8 nitrogen and oxygen atoms in total. The van der Waals surface area contributed by atoms with Crippen LogP contribution in [0.4, 0.5) is 5.95 Å². The largest absolute Gasteiger partial charge is 0.491 e. The molecule has 160 valence electrons. The molecule has 0 unspecified atom stereocenters. The van der Waals surface area contributed by atoms with E-state index in [1.807, 2.05) is 12.3 Å². The monoisotopic (exact) mass is 476 g/mol. The normalized spacial score (nSPS) is 11.1. The van der Waals surface area contributed by atoms with Crippen LogP contribution in [-0.4, -0.2) is 51.3 Å². The van der Waals surface area contributed by atoms with E-state index >= 15 is 0 Å². The number of nitrogens with zero attached hydrogens (tertiary/aromatic N) is 5. The SMILES string of the molecule is CN(C)C(=O)c1cc2c(-c3c(Cl)cc(Cl)cc3OCCn3cccn3)nc(N)nc2s1. The van der Waals surface area contributed by atoms with Crippen molar-refractivity contribution in [2.45, 2.75) is 6.54 Å². The van der Waals surface area contributed by atoms with Gasteiger partial charge < -0.3 is 15.4 Å². The number of halogens is 2. The van der Waals surface area contributed by atoms with Crippen molar-refractivity contribution in [3.05, 3.63) is 51.6 Å². The Balaban J connectivity index is 1.80. The van der Waals surface area contributed by atoms with Crippen LogP contribution >= 0.6 is 34.5 Å². The van der Waals surface area contributed by atoms with Gasteiger partial charge in [0, 0.05) is 36.9 Å². The molecule has 0 fully saturated rings. The number of nitrogen functional groups attached to an aromatic ring is 1. The van der Waals surface area contributed by atoms with Crippen molar-refractivity contribution in [2.24, 2.45) is 0 Å². The van der Waals surface area contributed by atoms with Gasteiger partial charge in [0.2, 0.25) is 5.95 Å². The standard InChI is InChI=1S/C20H18Cl2N6O2S/c1-27(2)19(29)15-10-12-17(25-20(23)26-18(12)31-15)16-13(22)8-11(21)9-14(16)30-7-6-28-5-3-4-24-28/h3-5,8-10H,6-7H2,1-2H3,(H2,23,25,26). The van der Waals surface area contributed by atoms with E-state index < -0.39 is 0 Å². The van der Waals surface area contributed by atoms with Crippen LogP contribution in [0.2, 0.25) is 10.0 Å². The zero-order valence-electron chi connectivity index (χ0n) is 16.7. The number of anilines is 1. The Kier molecular flexibility index (Phi) is 5.99. The van der Waals surface area contributed by atoms with Gasteiger partial charge in [-0.15, -0.1) is 11.3 Å². The van der Waals surface area contributed by atoms with Crippen LogP contribution in [0.25, 0.3) is 21.5 Å². The Morgan fingerprint density at radius 1 is 1.26 bits per heavy atom.